The summed E-state index contributed by atoms with van der Waals surface area (Å²) >= 11 is 1.39. The number of para-hydroxylation sites is 2. The topological polar surface area (TPSA) is 87.7 Å². The van der Waals surface area contributed by atoms with Crippen LogP contribution >= 0.6 is 11.3 Å². The molecule has 0 spiro atoms. The Balaban J connectivity index is 1.56. The van der Waals surface area contributed by atoms with Crippen molar-refractivity contribution in [3.05, 3.63) is 82.0 Å². The van der Waals surface area contributed by atoms with Crippen molar-refractivity contribution in [2.24, 2.45) is 0 Å². The number of nitrogens with one attached hydrogen (secondary N) is 2. The van der Waals surface area contributed by atoms with Crippen molar-refractivity contribution in [3.63, 3.8) is 0 Å². The van der Waals surface area contributed by atoms with Crippen molar-refractivity contribution >= 4 is 28.8 Å². The lowest BCUT2D eigenvalue weighted by Gasteiger charge is -2.11. The lowest BCUT2D eigenvalue weighted by atomic mass is 10.1. The third-order valence-electron chi connectivity index (χ3n) is 4.13. The van der Waals surface area contributed by atoms with E-state index in [0.717, 1.165) is 15.3 Å². The number of thiophene rings is 1. The van der Waals surface area contributed by atoms with Gasteiger partial charge in [-0.3, -0.25) is 9.59 Å². The molecule has 0 saturated heterocycles. The average molecular weight is 410 g/mol. The second kappa shape index (κ2) is 9.86. The first-order chi connectivity index (χ1) is 14.1. The maximum absolute atomic E-state index is 12.2. The number of aliphatic hydroxyl groups excluding tert-OH is 1. The zero-order valence-electron chi connectivity index (χ0n) is 15.9. The highest BCUT2D eigenvalue weighted by atomic mass is 32.1. The summed E-state index contributed by atoms with van der Waals surface area (Å²) < 4.78 is 5.44. The van der Waals surface area contributed by atoms with Gasteiger partial charge in [0.25, 0.3) is 0 Å². The summed E-state index contributed by atoms with van der Waals surface area (Å²) in [5, 5.41) is 15.6. The lowest BCUT2D eigenvalue weighted by Crippen LogP contribution is -2.34. The third kappa shape index (κ3) is 5.43. The van der Waals surface area contributed by atoms with Gasteiger partial charge in [-0.2, -0.15) is 0 Å². The SMILES string of the molecule is CCOc1ccccc1NC(=O)C(=O)NCc1ccc(C(O)c2ccccc2)s1. The first-order valence-corrected chi connectivity index (χ1v) is 10.0. The second-order valence-corrected chi connectivity index (χ2v) is 7.38. The summed E-state index contributed by atoms with van der Waals surface area (Å²) in [5.74, 6) is -0.998. The minimum Gasteiger partial charge on any atom is -0.492 e. The molecule has 0 saturated carbocycles. The predicted octanol–water partition coefficient (Wildman–Crippen LogP) is 3.48. The van der Waals surface area contributed by atoms with Gasteiger partial charge < -0.3 is 20.5 Å². The van der Waals surface area contributed by atoms with Crippen LogP contribution in [0.25, 0.3) is 0 Å². The Hall–Kier alpha value is -3.16. The van der Waals surface area contributed by atoms with Crippen LogP contribution in [0.1, 0.15) is 28.3 Å². The molecule has 3 aromatic rings. The summed E-state index contributed by atoms with van der Waals surface area (Å²) in [5.41, 5.74) is 1.25. The summed E-state index contributed by atoms with van der Waals surface area (Å²) in [4.78, 5) is 25.9. The molecule has 1 unspecified atom stereocenters. The molecule has 6 nitrogen and oxygen atoms in total. The molecule has 0 bridgehead atoms. The number of hydrogen-bond acceptors (Lipinski definition) is 5. The van der Waals surface area contributed by atoms with E-state index >= 15 is 0 Å². The van der Waals surface area contributed by atoms with E-state index in [1.807, 2.05) is 49.4 Å². The summed E-state index contributed by atoms with van der Waals surface area (Å²) in [6, 6.07) is 19.9. The fourth-order valence-corrected chi connectivity index (χ4v) is 3.68. The summed E-state index contributed by atoms with van der Waals surface area (Å²) in [6.45, 7) is 2.50. The van der Waals surface area contributed by atoms with Gasteiger partial charge in [0.2, 0.25) is 0 Å². The fourth-order valence-electron chi connectivity index (χ4n) is 2.71. The van der Waals surface area contributed by atoms with Gasteiger partial charge in [0.15, 0.2) is 0 Å². The fraction of sp³-hybridized carbons (Fsp3) is 0.182. The minimum atomic E-state index is -0.766. The maximum atomic E-state index is 12.2. The van der Waals surface area contributed by atoms with Gasteiger partial charge in [0, 0.05) is 9.75 Å². The quantitative estimate of drug-likeness (QED) is 0.521. The first kappa shape index (κ1) is 20.6. The number of rotatable bonds is 7. The van der Waals surface area contributed by atoms with E-state index in [-0.39, 0.29) is 6.54 Å². The molecule has 0 aliphatic rings. The van der Waals surface area contributed by atoms with Crippen molar-refractivity contribution in [1.29, 1.82) is 0 Å². The normalized spacial score (nSPS) is 11.5. The zero-order chi connectivity index (χ0) is 20.6. The van der Waals surface area contributed by atoms with Crippen LogP contribution in [-0.4, -0.2) is 23.5 Å². The van der Waals surface area contributed by atoms with Crippen LogP contribution in [0.3, 0.4) is 0 Å². The van der Waals surface area contributed by atoms with E-state index in [2.05, 4.69) is 10.6 Å². The van der Waals surface area contributed by atoms with Gasteiger partial charge >= 0.3 is 11.8 Å². The number of amides is 2. The van der Waals surface area contributed by atoms with Crippen molar-refractivity contribution in [2.75, 3.05) is 11.9 Å². The van der Waals surface area contributed by atoms with Crippen molar-refractivity contribution < 1.29 is 19.4 Å². The van der Waals surface area contributed by atoms with Gasteiger partial charge in [-0.1, -0.05) is 42.5 Å². The molecule has 1 heterocycles. The molecule has 0 radical (unpaired) electrons. The number of carbonyl (C=O) groups is 2. The monoisotopic (exact) mass is 410 g/mol. The first-order valence-electron chi connectivity index (χ1n) is 9.21. The van der Waals surface area contributed by atoms with E-state index in [4.69, 9.17) is 4.74 Å². The number of benzene rings is 2. The molecule has 1 aromatic heterocycles. The molecule has 3 N–H and O–H groups in total. The van der Waals surface area contributed by atoms with E-state index in [0.29, 0.717) is 18.0 Å². The van der Waals surface area contributed by atoms with Crippen molar-refractivity contribution in [1.82, 2.24) is 5.32 Å². The van der Waals surface area contributed by atoms with E-state index in [1.165, 1.54) is 11.3 Å². The van der Waals surface area contributed by atoms with E-state index < -0.39 is 17.9 Å². The van der Waals surface area contributed by atoms with Crippen LogP contribution in [0.15, 0.2) is 66.7 Å². The molecule has 0 aliphatic carbocycles. The molecule has 3 rings (SSSR count). The number of ether oxygens (including phenoxy) is 1. The largest absolute Gasteiger partial charge is 0.492 e. The molecule has 2 amide bonds. The minimum absolute atomic E-state index is 0.200. The molecule has 7 heteroatoms. The Kier molecular flexibility index (Phi) is 6.99. The van der Waals surface area contributed by atoms with Gasteiger partial charge in [0.05, 0.1) is 18.8 Å². The van der Waals surface area contributed by atoms with Gasteiger partial charge in [-0.15, -0.1) is 11.3 Å². The van der Waals surface area contributed by atoms with Crippen molar-refractivity contribution in [2.45, 2.75) is 19.6 Å². The Labute approximate surface area is 173 Å². The van der Waals surface area contributed by atoms with Crippen LogP contribution in [0.5, 0.6) is 5.75 Å². The Morgan fingerprint density at radius 3 is 2.48 bits per heavy atom. The van der Waals surface area contributed by atoms with Gasteiger partial charge in [-0.25, -0.2) is 0 Å². The highest BCUT2D eigenvalue weighted by molar-refractivity contribution is 7.12. The maximum Gasteiger partial charge on any atom is 0.313 e. The standard InChI is InChI=1S/C22H22N2O4S/c1-2-28-18-11-7-6-10-17(18)24-22(27)21(26)23-14-16-12-13-19(29-16)20(25)15-8-4-3-5-9-15/h3-13,20,25H,2,14H2,1H3,(H,23,26)(H,24,27). The highest BCUT2D eigenvalue weighted by Gasteiger charge is 2.17. The number of carbonyl (C=O) groups excluding carboxylic acids is 2. The number of anilines is 1. The highest BCUT2D eigenvalue weighted by Crippen LogP contribution is 2.28. The Morgan fingerprint density at radius 1 is 1.00 bits per heavy atom. The van der Waals surface area contributed by atoms with Crippen molar-refractivity contribution in [3.8, 4) is 5.75 Å². The molecule has 29 heavy (non-hydrogen) atoms. The molecule has 2 aromatic carbocycles. The Morgan fingerprint density at radius 2 is 1.72 bits per heavy atom. The van der Waals surface area contributed by atoms with E-state index in [1.54, 1.807) is 24.3 Å². The van der Waals surface area contributed by atoms with Crippen LogP contribution in [0, 0.1) is 0 Å². The molecular formula is C22H22N2O4S. The molecular weight excluding hydrogens is 388 g/mol. The predicted molar refractivity (Wildman–Crippen MR) is 113 cm³/mol. The molecule has 0 aliphatic heterocycles. The molecule has 0 fully saturated rings. The summed E-state index contributed by atoms with van der Waals surface area (Å²) in [6.07, 6.45) is -0.719. The lowest BCUT2D eigenvalue weighted by molar-refractivity contribution is -0.136. The van der Waals surface area contributed by atoms with Crippen LogP contribution in [0.2, 0.25) is 0 Å². The number of aliphatic hydroxyl groups is 1. The smallest absolute Gasteiger partial charge is 0.313 e. The number of hydrogen-bond donors (Lipinski definition) is 3. The van der Waals surface area contributed by atoms with Crippen LogP contribution < -0.4 is 15.4 Å². The Bertz CT molecular complexity index is 972. The second-order valence-electron chi connectivity index (χ2n) is 6.18. The van der Waals surface area contributed by atoms with Gasteiger partial charge in [0.1, 0.15) is 11.9 Å². The zero-order valence-corrected chi connectivity index (χ0v) is 16.7. The summed E-state index contributed by atoms with van der Waals surface area (Å²) in [7, 11) is 0. The third-order valence-corrected chi connectivity index (χ3v) is 5.27. The van der Waals surface area contributed by atoms with E-state index in [9.17, 15) is 14.7 Å². The van der Waals surface area contributed by atoms with Gasteiger partial charge in [-0.05, 0) is 36.8 Å². The molecule has 150 valence electrons. The average Bonchev–Trinajstić information content (AvgIpc) is 3.22. The van der Waals surface area contributed by atoms with Crippen LogP contribution in [0.4, 0.5) is 5.69 Å². The molecule has 1 atom stereocenters. The van der Waals surface area contributed by atoms with Crippen LogP contribution in [-0.2, 0) is 16.1 Å².